The molecule has 0 saturated heterocycles. The van der Waals surface area contributed by atoms with Gasteiger partial charge in [-0.05, 0) is 66.7 Å². The Morgan fingerprint density at radius 1 is 1.02 bits per heavy atom. The van der Waals surface area contributed by atoms with E-state index >= 15 is 0 Å². The second kappa shape index (κ2) is 10.8. The van der Waals surface area contributed by atoms with Crippen molar-refractivity contribution in [2.75, 3.05) is 13.7 Å². The molecule has 0 bridgehead atoms. The number of amidine groups is 1. The zero-order chi connectivity index (χ0) is 29.5. The molecule has 0 N–H and O–H groups in total. The van der Waals surface area contributed by atoms with Crippen molar-refractivity contribution >= 4 is 28.9 Å². The minimum absolute atomic E-state index is 0.0382. The van der Waals surface area contributed by atoms with Gasteiger partial charge in [0.1, 0.15) is 6.61 Å². The Hall–Kier alpha value is -3.87. The molecule has 0 fully saturated rings. The van der Waals surface area contributed by atoms with E-state index in [9.17, 15) is 31.1 Å². The van der Waals surface area contributed by atoms with E-state index in [-0.39, 0.29) is 29.5 Å². The number of methoxy groups -OCH3 is 1. The fourth-order valence-corrected chi connectivity index (χ4v) is 5.72. The van der Waals surface area contributed by atoms with Crippen molar-refractivity contribution in [1.82, 2.24) is 9.47 Å². The molecule has 3 heterocycles. The third kappa shape index (κ3) is 5.95. The highest BCUT2D eigenvalue weighted by molar-refractivity contribution is 8.18. The van der Waals surface area contributed by atoms with E-state index in [0.29, 0.717) is 28.2 Å². The Labute approximate surface area is 235 Å². The molecule has 0 spiro atoms. The first-order valence-corrected chi connectivity index (χ1v) is 13.2. The highest BCUT2D eigenvalue weighted by Gasteiger charge is 2.38. The number of aliphatic imine (C=N–C) groups is 1. The quantitative estimate of drug-likeness (QED) is 0.232. The largest absolute Gasteiger partial charge is 0.493 e. The number of carbonyl (C=O) groups excluding carboxylic acids is 1. The van der Waals surface area contributed by atoms with Gasteiger partial charge in [0.25, 0.3) is 5.91 Å². The van der Waals surface area contributed by atoms with Crippen LogP contribution in [0.5, 0.6) is 11.5 Å². The number of nitrogens with zero attached hydrogens (tertiary/aromatic N) is 3. The van der Waals surface area contributed by atoms with Crippen LogP contribution >= 0.6 is 11.8 Å². The number of hydrogen-bond acceptors (Lipinski definition) is 5. The van der Waals surface area contributed by atoms with Crippen LogP contribution < -0.4 is 9.47 Å². The van der Waals surface area contributed by atoms with Crippen molar-refractivity contribution in [3.8, 4) is 11.5 Å². The number of benzene rings is 2. The molecule has 13 heteroatoms. The molecule has 1 aromatic heterocycles. The molecule has 0 aliphatic carbocycles. The fraction of sp³-hybridized carbons (Fsp3) is 0.286. The summed E-state index contributed by atoms with van der Waals surface area (Å²) in [6.45, 7) is 2.87. The normalized spacial score (nSPS) is 18.5. The summed E-state index contributed by atoms with van der Waals surface area (Å²) < 4.78 is 92.4. The molecule has 2 aliphatic rings. The number of ether oxygens (including phenoxy) is 2. The van der Waals surface area contributed by atoms with Gasteiger partial charge in [0.05, 0.1) is 29.2 Å². The molecular formula is C28H23F6N3O3S. The summed E-state index contributed by atoms with van der Waals surface area (Å²) in [6, 6.07) is 10.0. The first kappa shape index (κ1) is 28.7. The Morgan fingerprint density at radius 2 is 1.80 bits per heavy atom. The average molecular weight is 596 g/mol. The summed E-state index contributed by atoms with van der Waals surface area (Å²) in [5.41, 5.74) is -1.61. The summed E-state index contributed by atoms with van der Waals surface area (Å²) in [5.74, 6) is -0.142. The molecule has 1 atom stereocenters. The predicted molar refractivity (Wildman–Crippen MR) is 141 cm³/mol. The van der Waals surface area contributed by atoms with Gasteiger partial charge < -0.3 is 18.9 Å². The molecule has 3 aromatic rings. The smallest absolute Gasteiger partial charge is 0.416 e. The molecule has 1 amide bonds. The Balaban J connectivity index is 1.31. The van der Waals surface area contributed by atoms with Crippen LogP contribution in [0.4, 0.5) is 26.3 Å². The SMILES string of the molecule is COc1cc(/C=C2\SC(N3CCn4cccc4C3C)=NC2=O)ccc1OCc1ccc(C(F)(F)F)cc1C(F)(F)F. The second-order valence-corrected chi connectivity index (χ2v) is 10.4. The van der Waals surface area contributed by atoms with Crippen LogP contribution in [0.2, 0.25) is 0 Å². The van der Waals surface area contributed by atoms with Gasteiger partial charge in [0.15, 0.2) is 16.7 Å². The molecule has 5 rings (SSSR count). The van der Waals surface area contributed by atoms with Crippen LogP contribution in [0, 0.1) is 0 Å². The zero-order valence-corrected chi connectivity index (χ0v) is 22.5. The van der Waals surface area contributed by atoms with Gasteiger partial charge >= 0.3 is 12.4 Å². The standard InChI is InChI=1S/C28H23F6N3O3S/c1-16-21-4-3-9-36(21)10-11-37(16)26-35-25(38)24(41-26)13-17-5-8-22(23(12-17)39-2)40-15-18-6-7-19(27(29,30)31)14-20(18)28(32,33)34/h3-9,12-14,16H,10-11,15H2,1-2H3/b24-13-. The number of halogens is 6. The zero-order valence-electron chi connectivity index (χ0n) is 21.7. The molecule has 6 nitrogen and oxygen atoms in total. The maximum absolute atomic E-state index is 13.5. The average Bonchev–Trinajstić information content (AvgIpc) is 3.54. The van der Waals surface area contributed by atoms with E-state index in [0.717, 1.165) is 18.3 Å². The monoisotopic (exact) mass is 595 g/mol. The molecule has 2 aliphatic heterocycles. The molecular weight excluding hydrogens is 572 g/mol. The van der Waals surface area contributed by atoms with Crippen molar-refractivity contribution in [2.24, 2.45) is 4.99 Å². The van der Waals surface area contributed by atoms with Crippen molar-refractivity contribution in [1.29, 1.82) is 0 Å². The van der Waals surface area contributed by atoms with Crippen LogP contribution in [0.15, 0.2) is 64.6 Å². The van der Waals surface area contributed by atoms with E-state index in [1.54, 1.807) is 18.2 Å². The number of hydrogen-bond donors (Lipinski definition) is 0. The van der Waals surface area contributed by atoms with E-state index < -0.39 is 35.6 Å². The first-order valence-electron chi connectivity index (χ1n) is 12.4. The lowest BCUT2D eigenvalue weighted by atomic mass is 10.0. The van der Waals surface area contributed by atoms with Gasteiger partial charge in [-0.3, -0.25) is 4.79 Å². The second-order valence-electron chi connectivity index (χ2n) is 9.37. The summed E-state index contributed by atoms with van der Waals surface area (Å²) in [7, 11) is 1.34. The van der Waals surface area contributed by atoms with Crippen molar-refractivity contribution in [2.45, 2.75) is 38.5 Å². The van der Waals surface area contributed by atoms with Crippen LogP contribution in [-0.4, -0.2) is 34.2 Å². The Kier molecular flexibility index (Phi) is 7.58. The number of aromatic nitrogens is 1. The summed E-state index contributed by atoms with van der Waals surface area (Å²) in [6.07, 6.45) is -6.29. The van der Waals surface area contributed by atoms with Crippen molar-refractivity contribution in [3.63, 3.8) is 0 Å². The van der Waals surface area contributed by atoms with Crippen molar-refractivity contribution < 1.29 is 40.6 Å². The highest BCUT2D eigenvalue weighted by Crippen LogP contribution is 2.39. The van der Waals surface area contributed by atoms with Gasteiger partial charge in [0, 0.05) is 30.5 Å². The predicted octanol–water partition coefficient (Wildman–Crippen LogP) is 7.16. The number of amides is 1. The number of rotatable bonds is 5. The highest BCUT2D eigenvalue weighted by atomic mass is 32.2. The third-order valence-electron chi connectivity index (χ3n) is 6.81. The first-order chi connectivity index (χ1) is 19.3. The van der Waals surface area contributed by atoms with E-state index in [4.69, 9.17) is 9.47 Å². The maximum atomic E-state index is 13.5. The van der Waals surface area contributed by atoms with Gasteiger partial charge in [0.2, 0.25) is 0 Å². The molecule has 0 saturated carbocycles. The molecule has 1 unspecified atom stereocenters. The van der Waals surface area contributed by atoms with E-state index in [1.165, 1.54) is 24.9 Å². The summed E-state index contributed by atoms with van der Waals surface area (Å²) in [5, 5.41) is 0.602. The minimum Gasteiger partial charge on any atom is -0.493 e. The van der Waals surface area contributed by atoms with Gasteiger partial charge in [-0.15, -0.1) is 0 Å². The van der Waals surface area contributed by atoms with Gasteiger partial charge in [-0.2, -0.15) is 31.3 Å². The molecule has 0 radical (unpaired) electrons. The minimum atomic E-state index is -5.01. The van der Waals surface area contributed by atoms with Gasteiger partial charge in [-0.25, -0.2) is 0 Å². The number of thioether (sulfide) groups is 1. The van der Waals surface area contributed by atoms with Crippen LogP contribution in [0.3, 0.4) is 0 Å². The summed E-state index contributed by atoms with van der Waals surface area (Å²) >= 11 is 1.25. The van der Waals surface area contributed by atoms with Crippen molar-refractivity contribution in [3.05, 3.63) is 87.6 Å². The number of fused-ring (bicyclic) bond motifs is 1. The van der Waals surface area contributed by atoms with E-state index in [1.807, 2.05) is 25.3 Å². The number of alkyl halides is 6. The van der Waals surface area contributed by atoms with Crippen LogP contribution in [0.25, 0.3) is 6.08 Å². The topological polar surface area (TPSA) is 56.1 Å². The lowest BCUT2D eigenvalue weighted by Crippen LogP contribution is -2.38. The third-order valence-corrected chi connectivity index (χ3v) is 7.83. The van der Waals surface area contributed by atoms with Crippen LogP contribution in [0.1, 0.15) is 40.9 Å². The maximum Gasteiger partial charge on any atom is 0.416 e. The summed E-state index contributed by atoms with van der Waals surface area (Å²) in [4.78, 5) is 19.4. The van der Waals surface area contributed by atoms with E-state index in [2.05, 4.69) is 14.5 Å². The fourth-order valence-electron chi connectivity index (χ4n) is 4.70. The number of carbonyl (C=O) groups is 1. The lowest BCUT2D eigenvalue weighted by molar-refractivity contribution is -0.143. The Morgan fingerprint density at radius 3 is 2.51 bits per heavy atom. The molecule has 216 valence electrons. The van der Waals surface area contributed by atoms with Crippen LogP contribution in [-0.2, 0) is 30.3 Å². The lowest BCUT2D eigenvalue weighted by Gasteiger charge is -2.35. The van der Waals surface area contributed by atoms with Gasteiger partial charge in [-0.1, -0.05) is 12.1 Å². The molecule has 2 aromatic carbocycles. The Bertz CT molecular complexity index is 1540. The molecule has 41 heavy (non-hydrogen) atoms.